The van der Waals surface area contributed by atoms with Crippen molar-refractivity contribution in [3.63, 3.8) is 0 Å². The molecule has 1 aliphatic heterocycles. The van der Waals surface area contributed by atoms with Crippen molar-refractivity contribution < 1.29 is 9.59 Å². The number of benzene rings is 1. The highest BCUT2D eigenvalue weighted by Crippen LogP contribution is 2.18. The molecule has 17 heavy (non-hydrogen) atoms. The highest BCUT2D eigenvalue weighted by molar-refractivity contribution is 8.13. The van der Waals surface area contributed by atoms with E-state index < -0.39 is 0 Å². The second-order valence-corrected chi connectivity index (χ2v) is 5.00. The van der Waals surface area contributed by atoms with Crippen LogP contribution >= 0.6 is 11.8 Å². The fourth-order valence-corrected chi connectivity index (χ4v) is 2.13. The topological polar surface area (TPSA) is 46.2 Å². The van der Waals surface area contributed by atoms with Gasteiger partial charge in [-0.25, -0.2) is 0 Å². The van der Waals surface area contributed by atoms with Gasteiger partial charge in [-0.05, 0) is 23.3 Å². The summed E-state index contributed by atoms with van der Waals surface area (Å²) in [6.45, 7) is 2.17. The number of nitrogens with one attached hydrogen (secondary N) is 1. The summed E-state index contributed by atoms with van der Waals surface area (Å²) in [6, 6.07) is 5.76. The molecule has 0 unspecified atom stereocenters. The molecule has 1 heterocycles. The molecule has 0 atom stereocenters. The van der Waals surface area contributed by atoms with Gasteiger partial charge in [0.05, 0.1) is 0 Å². The molecule has 1 aromatic rings. The van der Waals surface area contributed by atoms with E-state index in [2.05, 4.69) is 5.32 Å². The van der Waals surface area contributed by atoms with Crippen LogP contribution in [0.2, 0.25) is 0 Å². The van der Waals surface area contributed by atoms with Crippen molar-refractivity contribution >= 4 is 28.9 Å². The Morgan fingerprint density at radius 3 is 3.12 bits per heavy atom. The van der Waals surface area contributed by atoms with Crippen LogP contribution in [0.25, 0.3) is 6.08 Å². The van der Waals surface area contributed by atoms with Crippen LogP contribution in [0.3, 0.4) is 0 Å². The van der Waals surface area contributed by atoms with Crippen LogP contribution < -0.4 is 5.32 Å². The van der Waals surface area contributed by atoms with E-state index in [4.69, 9.17) is 0 Å². The van der Waals surface area contributed by atoms with Crippen molar-refractivity contribution in [3.05, 3.63) is 41.0 Å². The number of amides is 1. The minimum absolute atomic E-state index is 0.00247. The first-order valence-corrected chi connectivity index (χ1v) is 6.36. The Bertz CT molecular complexity index is 494. The SMILES string of the molecule is CC(=O)SCC=Cc1ccc2c(c1)CNC2=O. The van der Waals surface area contributed by atoms with Crippen LogP contribution in [0.5, 0.6) is 0 Å². The smallest absolute Gasteiger partial charge is 0.251 e. The molecule has 1 aromatic carbocycles. The van der Waals surface area contributed by atoms with E-state index in [0.717, 1.165) is 16.7 Å². The summed E-state index contributed by atoms with van der Waals surface area (Å²) in [5, 5.41) is 2.91. The van der Waals surface area contributed by atoms with E-state index in [1.807, 2.05) is 30.4 Å². The highest BCUT2D eigenvalue weighted by atomic mass is 32.2. The molecule has 3 nitrogen and oxygen atoms in total. The lowest BCUT2D eigenvalue weighted by atomic mass is 10.1. The average Bonchev–Trinajstić information content (AvgIpc) is 2.66. The molecule has 0 radical (unpaired) electrons. The molecule has 1 aliphatic rings. The number of carbonyl (C=O) groups is 2. The fourth-order valence-electron chi connectivity index (χ4n) is 1.71. The Labute approximate surface area is 104 Å². The Balaban J connectivity index is 2.03. The summed E-state index contributed by atoms with van der Waals surface area (Å²) in [4.78, 5) is 22.1. The first kappa shape index (κ1) is 11.9. The van der Waals surface area contributed by atoms with E-state index >= 15 is 0 Å². The van der Waals surface area contributed by atoms with Gasteiger partial charge in [-0.15, -0.1) is 0 Å². The summed E-state index contributed by atoms with van der Waals surface area (Å²) in [5.41, 5.74) is 2.86. The van der Waals surface area contributed by atoms with Gasteiger partial charge >= 0.3 is 0 Å². The molecule has 1 amide bonds. The minimum atomic E-state index is 0.00247. The van der Waals surface area contributed by atoms with Crippen LogP contribution in [-0.4, -0.2) is 16.8 Å². The largest absolute Gasteiger partial charge is 0.348 e. The molecular weight excluding hydrogens is 234 g/mol. The van der Waals surface area contributed by atoms with Crippen molar-refractivity contribution in [3.8, 4) is 0 Å². The quantitative estimate of drug-likeness (QED) is 0.891. The lowest BCUT2D eigenvalue weighted by Crippen LogP contribution is -2.12. The zero-order valence-corrected chi connectivity index (χ0v) is 10.3. The van der Waals surface area contributed by atoms with Crippen molar-refractivity contribution in [2.45, 2.75) is 13.5 Å². The number of rotatable bonds is 3. The van der Waals surface area contributed by atoms with Crippen molar-refractivity contribution in [1.29, 1.82) is 0 Å². The van der Waals surface area contributed by atoms with E-state index in [-0.39, 0.29) is 11.0 Å². The molecule has 0 bridgehead atoms. The number of hydrogen-bond donors (Lipinski definition) is 1. The van der Waals surface area contributed by atoms with Crippen molar-refractivity contribution in [2.24, 2.45) is 0 Å². The summed E-state index contributed by atoms with van der Waals surface area (Å²) >= 11 is 1.28. The lowest BCUT2D eigenvalue weighted by molar-refractivity contribution is -0.109. The molecule has 0 aromatic heterocycles. The van der Waals surface area contributed by atoms with E-state index in [1.54, 1.807) is 6.92 Å². The van der Waals surface area contributed by atoms with Gasteiger partial charge < -0.3 is 5.32 Å². The standard InChI is InChI=1S/C13H13NO2S/c1-9(15)17-6-2-3-10-4-5-12-11(7-10)8-14-13(12)16/h2-5,7H,6,8H2,1H3,(H,14,16). The van der Waals surface area contributed by atoms with Gasteiger partial charge in [0.2, 0.25) is 0 Å². The number of thioether (sulfide) groups is 1. The van der Waals surface area contributed by atoms with Crippen LogP contribution in [0, 0.1) is 0 Å². The third-order valence-electron chi connectivity index (χ3n) is 2.51. The van der Waals surface area contributed by atoms with Gasteiger partial charge in [0.1, 0.15) is 0 Å². The van der Waals surface area contributed by atoms with E-state index in [9.17, 15) is 9.59 Å². The zero-order valence-electron chi connectivity index (χ0n) is 9.53. The van der Waals surface area contributed by atoms with Crippen molar-refractivity contribution in [2.75, 3.05) is 5.75 Å². The Morgan fingerprint density at radius 2 is 2.35 bits per heavy atom. The maximum absolute atomic E-state index is 11.3. The lowest BCUT2D eigenvalue weighted by Gasteiger charge is -1.98. The van der Waals surface area contributed by atoms with Gasteiger partial charge in [0, 0.05) is 24.8 Å². The van der Waals surface area contributed by atoms with Crippen LogP contribution in [0.15, 0.2) is 24.3 Å². The fraction of sp³-hybridized carbons (Fsp3) is 0.231. The molecule has 0 spiro atoms. The van der Waals surface area contributed by atoms with Gasteiger partial charge in [-0.2, -0.15) is 0 Å². The minimum Gasteiger partial charge on any atom is -0.348 e. The normalized spacial score (nSPS) is 13.8. The van der Waals surface area contributed by atoms with Crippen LogP contribution in [0.4, 0.5) is 0 Å². The molecule has 88 valence electrons. The Hall–Kier alpha value is -1.55. The molecule has 1 N–H and O–H groups in total. The third-order valence-corrected chi connectivity index (χ3v) is 3.27. The predicted octanol–water partition coefficient (Wildman–Crippen LogP) is 2.22. The van der Waals surface area contributed by atoms with Gasteiger partial charge in [-0.3, -0.25) is 9.59 Å². The number of fused-ring (bicyclic) bond motifs is 1. The average molecular weight is 247 g/mol. The first-order chi connectivity index (χ1) is 8.16. The van der Waals surface area contributed by atoms with Gasteiger partial charge in [0.15, 0.2) is 5.12 Å². The summed E-state index contributed by atoms with van der Waals surface area (Å²) in [5.74, 6) is 0.687. The van der Waals surface area contributed by atoms with Gasteiger partial charge in [0.25, 0.3) is 5.91 Å². The van der Waals surface area contributed by atoms with Crippen molar-refractivity contribution in [1.82, 2.24) is 5.32 Å². The monoisotopic (exact) mass is 247 g/mol. The van der Waals surface area contributed by atoms with E-state index in [0.29, 0.717) is 12.3 Å². The van der Waals surface area contributed by atoms with Crippen LogP contribution in [-0.2, 0) is 11.3 Å². The van der Waals surface area contributed by atoms with E-state index in [1.165, 1.54) is 11.8 Å². The van der Waals surface area contributed by atoms with Gasteiger partial charge in [-0.1, -0.05) is 30.0 Å². The molecule has 0 fully saturated rings. The van der Waals surface area contributed by atoms with Crippen LogP contribution in [0.1, 0.15) is 28.4 Å². The summed E-state index contributed by atoms with van der Waals surface area (Å²) < 4.78 is 0. The maximum Gasteiger partial charge on any atom is 0.251 e. The number of hydrogen-bond acceptors (Lipinski definition) is 3. The predicted molar refractivity (Wildman–Crippen MR) is 69.8 cm³/mol. The second kappa shape index (κ2) is 5.19. The molecule has 0 saturated carbocycles. The second-order valence-electron chi connectivity index (χ2n) is 3.80. The molecular formula is C13H13NO2S. The maximum atomic E-state index is 11.3. The molecule has 4 heteroatoms. The molecule has 0 aliphatic carbocycles. The molecule has 2 rings (SSSR count). The first-order valence-electron chi connectivity index (χ1n) is 5.38. The third kappa shape index (κ3) is 2.97. The Kier molecular flexibility index (Phi) is 3.64. The summed E-state index contributed by atoms with van der Waals surface area (Å²) in [6.07, 6.45) is 3.93. The highest BCUT2D eigenvalue weighted by Gasteiger charge is 2.17. The zero-order chi connectivity index (χ0) is 12.3. The molecule has 0 saturated heterocycles. The Morgan fingerprint density at radius 1 is 1.53 bits per heavy atom. The summed E-state index contributed by atoms with van der Waals surface area (Å²) in [7, 11) is 0. The number of carbonyl (C=O) groups excluding carboxylic acids is 2.